The number of aromatic nitrogens is 1. The van der Waals surface area contributed by atoms with Gasteiger partial charge in [0.15, 0.2) is 0 Å². The molecule has 30 heavy (non-hydrogen) atoms. The molecule has 2 aromatic rings. The lowest BCUT2D eigenvalue weighted by molar-refractivity contribution is -0.159. The number of aliphatic carboxylic acids is 2. The van der Waals surface area contributed by atoms with Crippen LogP contribution in [0.4, 0.5) is 0 Å². The SMILES string of the molecule is COc1ccc(CN2CCN(Cc3ccncc3)CC2)c(OC)c1.O=C(O)C(=O)O. The lowest BCUT2D eigenvalue weighted by atomic mass is 10.1. The van der Waals surface area contributed by atoms with Crippen LogP contribution in [0.15, 0.2) is 42.7 Å². The Labute approximate surface area is 175 Å². The Morgan fingerprint density at radius 2 is 1.47 bits per heavy atom. The van der Waals surface area contributed by atoms with Crippen molar-refractivity contribution in [1.82, 2.24) is 14.8 Å². The minimum absolute atomic E-state index is 0.831. The normalized spacial score (nSPS) is 14.3. The van der Waals surface area contributed by atoms with E-state index in [9.17, 15) is 0 Å². The summed E-state index contributed by atoms with van der Waals surface area (Å²) < 4.78 is 10.8. The average Bonchev–Trinajstić information content (AvgIpc) is 2.76. The van der Waals surface area contributed by atoms with Gasteiger partial charge in [-0.25, -0.2) is 9.59 Å². The number of carboxylic acid groups (broad SMARTS) is 2. The van der Waals surface area contributed by atoms with Crippen LogP contribution in [-0.4, -0.2) is 77.3 Å². The largest absolute Gasteiger partial charge is 0.497 e. The van der Waals surface area contributed by atoms with Gasteiger partial charge in [-0.1, -0.05) is 6.07 Å². The molecule has 0 atom stereocenters. The summed E-state index contributed by atoms with van der Waals surface area (Å²) >= 11 is 0. The Hall–Kier alpha value is -3.17. The minimum atomic E-state index is -1.82. The first-order chi connectivity index (χ1) is 14.4. The summed E-state index contributed by atoms with van der Waals surface area (Å²) in [7, 11) is 3.39. The Balaban J connectivity index is 0.000000469. The van der Waals surface area contributed by atoms with Gasteiger partial charge in [0.25, 0.3) is 0 Å². The van der Waals surface area contributed by atoms with Crippen molar-refractivity contribution in [3.05, 3.63) is 53.9 Å². The number of carbonyl (C=O) groups is 2. The van der Waals surface area contributed by atoms with Crippen LogP contribution in [0, 0.1) is 0 Å². The van der Waals surface area contributed by atoms with E-state index in [0.717, 1.165) is 50.8 Å². The second-order valence-corrected chi connectivity index (χ2v) is 6.70. The van der Waals surface area contributed by atoms with Crippen molar-refractivity contribution >= 4 is 11.9 Å². The molecule has 1 fully saturated rings. The van der Waals surface area contributed by atoms with Crippen molar-refractivity contribution in [2.24, 2.45) is 0 Å². The van der Waals surface area contributed by atoms with Crippen LogP contribution in [0.5, 0.6) is 11.5 Å². The number of hydrogen-bond donors (Lipinski definition) is 2. The zero-order chi connectivity index (χ0) is 21.9. The summed E-state index contributed by atoms with van der Waals surface area (Å²) in [6.45, 7) is 6.22. The second kappa shape index (κ2) is 11.7. The lowest BCUT2D eigenvalue weighted by Crippen LogP contribution is -2.45. The van der Waals surface area contributed by atoms with E-state index >= 15 is 0 Å². The quantitative estimate of drug-likeness (QED) is 0.676. The molecular weight excluding hydrogens is 390 g/mol. The molecule has 0 saturated carbocycles. The number of benzene rings is 1. The number of pyridine rings is 1. The van der Waals surface area contributed by atoms with Crippen LogP contribution in [0.1, 0.15) is 11.1 Å². The fourth-order valence-electron chi connectivity index (χ4n) is 3.08. The fourth-order valence-corrected chi connectivity index (χ4v) is 3.08. The van der Waals surface area contributed by atoms with Gasteiger partial charge in [-0.2, -0.15) is 0 Å². The Morgan fingerprint density at radius 3 is 1.97 bits per heavy atom. The van der Waals surface area contributed by atoms with Gasteiger partial charge in [0, 0.05) is 63.3 Å². The van der Waals surface area contributed by atoms with Crippen LogP contribution >= 0.6 is 0 Å². The molecule has 9 nitrogen and oxygen atoms in total. The van der Waals surface area contributed by atoms with Crippen molar-refractivity contribution in [2.45, 2.75) is 13.1 Å². The molecule has 2 N–H and O–H groups in total. The summed E-state index contributed by atoms with van der Waals surface area (Å²) in [6, 6.07) is 10.2. The molecule has 1 aliphatic rings. The predicted octanol–water partition coefficient (Wildman–Crippen LogP) is 1.57. The van der Waals surface area contributed by atoms with E-state index < -0.39 is 11.9 Å². The van der Waals surface area contributed by atoms with Gasteiger partial charge in [0.2, 0.25) is 0 Å². The topological polar surface area (TPSA) is 112 Å². The standard InChI is InChI=1S/C19H25N3O2.C2H2O4/c1-23-18-4-3-17(19(13-18)24-2)15-22-11-9-21(10-12-22)14-16-5-7-20-8-6-16;3-1(4)2(5)6/h3-8,13H,9-12,14-15H2,1-2H3;(H,3,4)(H,5,6). The zero-order valence-corrected chi connectivity index (χ0v) is 17.2. The monoisotopic (exact) mass is 417 g/mol. The lowest BCUT2D eigenvalue weighted by Gasteiger charge is -2.35. The van der Waals surface area contributed by atoms with Crippen LogP contribution < -0.4 is 9.47 Å². The molecule has 3 rings (SSSR count). The highest BCUT2D eigenvalue weighted by Crippen LogP contribution is 2.26. The highest BCUT2D eigenvalue weighted by Gasteiger charge is 2.18. The van der Waals surface area contributed by atoms with Crippen molar-refractivity contribution < 1.29 is 29.3 Å². The number of hydrogen-bond acceptors (Lipinski definition) is 7. The zero-order valence-electron chi connectivity index (χ0n) is 17.2. The van der Waals surface area contributed by atoms with E-state index in [1.54, 1.807) is 14.2 Å². The van der Waals surface area contributed by atoms with Crippen molar-refractivity contribution in [2.75, 3.05) is 40.4 Å². The predicted molar refractivity (Wildman–Crippen MR) is 110 cm³/mol. The molecular formula is C21H27N3O6. The molecule has 0 aliphatic carbocycles. The van der Waals surface area contributed by atoms with Crippen molar-refractivity contribution in [3.63, 3.8) is 0 Å². The maximum Gasteiger partial charge on any atom is 0.414 e. The highest BCUT2D eigenvalue weighted by molar-refractivity contribution is 6.27. The van der Waals surface area contributed by atoms with Gasteiger partial charge >= 0.3 is 11.9 Å². The summed E-state index contributed by atoms with van der Waals surface area (Å²) in [5.74, 6) is -1.92. The van der Waals surface area contributed by atoms with Crippen molar-refractivity contribution in [3.8, 4) is 11.5 Å². The van der Waals surface area contributed by atoms with E-state index in [0.29, 0.717) is 0 Å². The molecule has 0 spiro atoms. The molecule has 162 valence electrons. The van der Waals surface area contributed by atoms with Gasteiger partial charge in [-0.3, -0.25) is 14.8 Å². The molecule has 0 unspecified atom stereocenters. The third-order valence-electron chi connectivity index (χ3n) is 4.69. The van der Waals surface area contributed by atoms with Gasteiger partial charge in [0.1, 0.15) is 11.5 Å². The smallest absolute Gasteiger partial charge is 0.414 e. The third kappa shape index (κ3) is 7.34. The van der Waals surface area contributed by atoms with Gasteiger partial charge in [-0.05, 0) is 23.8 Å². The summed E-state index contributed by atoms with van der Waals surface area (Å²) in [5.41, 5.74) is 2.54. The molecule has 0 bridgehead atoms. The fraction of sp³-hybridized carbons (Fsp3) is 0.381. The number of methoxy groups -OCH3 is 2. The first kappa shape index (κ1) is 23.1. The van der Waals surface area contributed by atoms with E-state index in [-0.39, 0.29) is 0 Å². The van der Waals surface area contributed by atoms with Crippen LogP contribution in [0.3, 0.4) is 0 Å². The van der Waals surface area contributed by atoms with Gasteiger partial charge in [0.05, 0.1) is 14.2 Å². The van der Waals surface area contributed by atoms with E-state index in [4.69, 9.17) is 29.3 Å². The molecule has 1 aromatic heterocycles. The second-order valence-electron chi connectivity index (χ2n) is 6.70. The maximum absolute atomic E-state index is 9.10. The van der Waals surface area contributed by atoms with E-state index in [2.05, 4.69) is 33.0 Å². The number of carboxylic acids is 2. The van der Waals surface area contributed by atoms with Crippen molar-refractivity contribution in [1.29, 1.82) is 0 Å². The van der Waals surface area contributed by atoms with Crippen LogP contribution in [0.25, 0.3) is 0 Å². The summed E-state index contributed by atoms with van der Waals surface area (Å²) in [4.78, 5) is 27.3. The number of nitrogens with zero attached hydrogens (tertiary/aromatic N) is 3. The summed E-state index contributed by atoms with van der Waals surface area (Å²) in [5, 5.41) is 14.8. The average molecular weight is 417 g/mol. The molecule has 1 aromatic carbocycles. The maximum atomic E-state index is 9.10. The third-order valence-corrected chi connectivity index (χ3v) is 4.69. The number of ether oxygens (including phenoxy) is 2. The Bertz CT molecular complexity index is 811. The van der Waals surface area contributed by atoms with Gasteiger partial charge < -0.3 is 19.7 Å². The Morgan fingerprint density at radius 1 is 0.900 bits per heavy atom. The molecule has 1 saturated heterocycles. The Kier molecular flexibility index (Phi) is 9.04. The van der Waals surface area contributed by atoms with E-state index in [1.807, 2.05) is 24.5 Å². The van der Waals surface area contributed by atoms with Crippen LogP contribution in [-0.2, 0) is 22.7 Å². The number of piperazine rings is 1. The molecule has 1 aliphatic heterocycles. The summed E-state index contributed by atoms with van der Waals surface area (Å²) in [6.07, 6.45) is 3.73. The highest BCUT2D eigenvalue weighted by atomic mass is 16.5. The molecule has 0 amide bonds. The first-order valence-electron chi connectivity index (χ1n) is 9.43. The first-order valence-corrected chi connectivity index (χ1v) is 9.43. The molecule has 2 heterocycles. The van der Waals surface area contributed by atoms with Crippen LogP contribution in [0.2, 0.25) is 0 Å². The molecule has 9 heteroatoms. The van der Waals surface area contributed by atoms with E-state index in [1.165, 1.54) is 11.1 Å². The molecule has 0 radical (unpaired) electrons. The minimum Gasteiger partial charge on any atom is -0.497 e. The van der Waals surface area contributed by atoms with Gasteiger partial charge in [-0.15, -0.1) is 0 Å². The number of rotatable bonds is 6.